The van der Waals surface area contributed by atoms with Gasteiger partial charge in [-0.25, -0.2) is 4.98 Å². The van der Waals surface area contributed by atoms with Gasteiger partial charge in [-0.2, -0.15) is 0 Å². The number of rotatable bonds is 7. The number of carbonyl (C=O) groups excluding carboxylic acids is 1. The van der Waals surface area contributed by atoms with Crippen molar-refractivity contribution in [3.8, 4) is 5.75 Å². The fourth-order valence-corrected chi connectivity index (χ4v) is 3.22. The van der Waals surface area contributed by atoms with Gasteiger partial charge in [0.15, 0.2) is 5.96 Å². The normalized spacial score (nSPS) is 11.2. The lowest BCUT2D eigenvalue weighted by atomic mass is 10.2. The van der Waals surface area contributed by atoms with Crippen molar-refractivity contribution >= 4 is 23.2 Å². The van der Waals surface area contributed by atoms with Crippen LogP contribution in [-0.2, 0) is 6.54 Å². The number of thiazole rings is 1. The van der Waals surface area contributed by atoms with Crippen LogP contribution in [0, 0.1) is 13.8 Å². The second-order valence-electron chi connectivity index (χ2n) is 5.58. The number of nitrogens with zero attached hydrogens (tertiary/aromatic N) is 2. The molecular weight excluding hydrogens is 350 g/mol. The number of guanidine groups is 1. The number of hydrogen-bond donors (Lipinski definition) is 3. The number of ether oxygens (including phenoxy) is 1. The molecule has 2 rings (SSSR count). The molecule has 0 unspecified atom stereocenters. The molecule has 0 aliphatic heterocycles. The SMILES string of the molecule is CN=C(NCCNC(=O)c1cccc(OC)c1)NCc1sc(C)nc1C. The predicted octanol–water partition coefficient (Wildman–Crippen LogP) is 1.86. The third kappa shape index (κ3) is 5.73. The Morgan fingerprint density at radius 1 is 1.23 bits per heavy atom. The minimum Gasteiger partial charge on any atom is -0.497 e. The lowest BCUT2D eigenvalue weighted by Crippen LogP contribution is -2.41. The topological polar surface area (TPSA) is 87.6 Å². The van der Waals surface area contributed by atoms with Crippen LogP contribution in [0.3, 0.4) is 0 Å². The molecule has 0 fully saturated rings. The molecule has 0 aliphatic rings. The number of methoxy groups -OCH3 is 1. The monoisotopic (exact) mass is 375 g/mol. The molecule has 0 saturated heterocycles. The quantitative estimate of drug-likeness (QED) is 0.391. The summed E-state index contributed by atoms with van der Waals surface area (Å²) < 4.78 is 5.13. The smallest absolute Gasteiger partial charge is 0.251 e. The zero-order valence-electron chi connectivity index (χ0n) is 15.5. The number of aromatic nitrogens is 1. The molecular formula is C18H25N5O2S. The Bertz CT molecular complexity index is 773. The van der Waals surface area contributed by atoms with Gasteiger partial charge in [-0.15, -0.1) is 11.3 Å². The van der Waals surface area contributed by atoms with Gasteiger partial charge in [0.2, 0.25) is 0 Å². The minimum atomic E-state index is -0.135. The fourth-order valence-electron chi connectivity index (χ4n) is 2.35. The van der Waals surface area contributed by atoms with Crippen LogP contribution in [0.4, 0.5) is 0 Å². The summed E-state index contributed by atoms with van der Waals surface area (Å²) in [6.45, 7) is 5.72. The second kappa shape index (κ2) is 9.76. The Balaban J connectivity index is 1.73. The van der Waals surface area contributed by atoms with Gasteiger partial charge in [0.25, 0.3) is 5.91 Å². The van der Waals surface area contributed by atoms with E-state index in [4.69, 9.17) is 4.74 Å². The third-order valence-electron chi connectivity index (χ3n) is 3.67. The Morgan fingerprint density at radius 2 is 2.00 bits per heavy atom. The van der Waals surface area contributed by atoms with E-state index >= 15 is 0 Å². The van der Waals surface area contributed by atoms with Gasteiger partial charge in [-0.05, 0) is 32.0 Å². The number of aliphatic imine (C=N–C) groups is 1. The highest BCUT2D eigenvalue weighted by Crippen LogP contribution is 2.16. The minimum absolute atomic E-state index is 0.135. The van der Waals surface area contributed by atoms with Crippen LogP contribution in [0.1, 0.15) is 25.9 Å². The van der Waals surface area contributed by atoms with Crippen LogP contribution in [-0.4, -0.2) is 44.1 Å². The molecule has 0 radical (unpaired) electrons. The number of nitrogens with one attached hydrogen (secondary N) is 3. The Morgan fingerprint density at radius 3 is 2.65 bits per heavy atom. The summed E-state index contributed by atoms with van der Waals surface area (Å²) in [6.07, 6.45) is 0. The van der Waals surface area contributed by atoms with Crippen molar-refractivity contribution in [3.05, 3.63) is 45.4 Å². The van der Waals surface area contributed by atoms with E-state index in [9.17, 15) is 4.79 Å². The average molecular weight is 375 g/mol. The summed E-state index contributed by atoms with van der Waals surface area (Å²) in [5.41, 5.74) is 1.61. The van der Waals surface area contributed by atoms with Crippen molar-refractivity contribution in [2.24, 2.45) is 4.99 Å². The molecule has 0 aliphatic carbocycles. The second-order valence-corrected chi connectivity index (χ2v) is 6.87. The summed E-state index contributed by atoms with van der Waals surface area (Å²) in [4.78, 5) is 21.9. The maximum absolute atomic E-state index is 12.1. The largest absolute Gasteiger partial charge is 0.497 e. The highest BCUT2D eigenvalue weighted by Gasteiger charge is 2.07. The highest BCUT2D eigenvalue weighted by atomic mass is 32.1. The standard InChI is InChI=1S/C18H25N5O2S/c1-12-16(26-13(2)23-12)11-22-18(19-3)21-9-8-20-17(24)14-6-5-7-15(10-14)25-4/h5-7,10H,8-9,11H2,1-4H3,(H,20,24)(H2,19,21,22). The van der Waals surface area contributed by atoms with E-state index < -0.39 is 0 Å². The van der Waals surface area contributed by atoms with E-state index in [-0.39, 0.29) is 5.91 Å². The van der Waals surface area contributed by atoms with E-state index in [1.807, 2.05) is 13.8 Å². The van der Waals surface area contributed by atoms with E-state index in [0.717, 1.165) is 10.7 Å². The van der Waals surface area contributed by atoms with Gasteiger partial charge in [-0.1, -0.05) is 6.07 Å². The third-order valence-corrected chi connectivity index (χ3v) is 4.75. The van der Waals surface area contributed by atoms with Crippen molar-refractivity contribution in [2.45, 2.75) is 20.4 Å². The number of carbonyl (C=O) groups is 1. The van der Waals surface area contributed by atoms with Gasteiger partial charge < -0.3 is 20.7 Å². The molecule has 1 aromatic heterocycles. The van der Waals surface area contributed by atoms with Crippen molar-refractivity contribution in [1.29, 1.82) is 0 Å². The molecule has 0 bridgehead atoms. The molecule has 140 valence electrons. The van der Waals surface area contributed by atoms with Crippen molar-refractivity contribution in [1.82, 2.24) is 20.9 Å². The molecule has 1 heterocycles. The maximum atomic E-state index is 12.1. The first-order chi connectivity index (χ1) is 12.5. The van der Waals surface area contributed by atoms with Crippen molar-refractivity contribution < 1.29 is 9.53 Å². The van der Waals surface area contributed by atoms with Gasteiger partial charge in [0.1, 0.15) is 5.75 Å². The van der Waals surface area contributed by atoms with Crippen LogP contribution < -0.4 is 20.7 Å². The first-order valence-corrected chi connectivity index (χ1v) is 9.14. The van der Waals surface area contributed by atoms with Crippen LogP contribution >= 0.6 is 11.3 Å². The first kappa shape index (κ1) is 19.7. The first-order valence-electron chi connectivity index (χ1n) is 8.33. The molecule has 0 spiro atoms. The van der Waals surface area contributed by atoms with Gasteiger partial charge >= 0.3 is 0 Å². The molecule has 1 aromatic carbocycles. The summed E-state index contributed by atoms with van der Waals surface area (Å²) in [6, 6.07) is 7.06. The number of amides is 1. The van der Waals surface area contributed by atoms with Gasteiger partial charge in [0, 0.05) is 30.6 Å². The Labute approximate surface area is 157 Å². The zero-order chi connectivity index (χ0) is 18.9. The van der Waals surface area contributed by atoms with Gasteiger partial charge in [-0.3, -0.25) is 9.79 Å². The molecule has 8 heteroatoms. The molecule has 3 N–H and O–H groups in total. The van der Waals surface area contributed by atoms with Crippen molar-refractivity contribution in [3.63, 3.8) is 0 Å². The average Bonchev–Trinajstić information content (AvgIpc) is 2.98. The van der Waals surface area contributed by atoms with Crippen LogP contribution in [0.25, 0.3) is 0 Å². The van der Waals surface area contributed by atoms with Crippen LogP contribution in [0.5, 0.6) is 5.75 Å². The molecule has 1 amide bonds. The van der Waals surface area contributed by atoms with Crippen LogP contribution in [0.2, 0.25) is 0 Å². The molecule has 0 saturated carbocycles. The van der Waals surface area contributed by atoms with E-state index in [1.54, 1.807) is 49.8 Å². The summed E-state index contributed by atoms with van der Waals surface area (Å²) in [7, 11) is 3.30. The van der Waals surface area contributed by atoms with E-state index in [2.05, 4.69) is 25.9 Å². The van der Waals surface area contributed by atoms with E-state index in [1.165, 1.54) is 4.88 Å². The Hall–Kier alpha value is -2.61. The fraction of sp³-hybridized carbons (Fsp3) is 0.389. The molecule has 26 heavy (non-hydrogen) atoms. The van der Waals surface area contributed by atoms with Gasteiger partial charge in [0.05, 0.1) is 24.4 Å². The number of benzene rings is 1. The molecule has 2 aromatic rings. The number of aryl methyl sites for hydroxylation is 2. The maximum Gasteiger partial charge on any atom is 0.251 e. The van der Waals surface area contributed by atoms with Crippen LogP contribution in [0.15, 0.2) is 29.3 Å². The zero-order valence-corrected chi connectivity index (χ0v) is 16.4. The summed E-state index contributed by atoms with van der Waals surface area (Å²) >= 11 is 1.68. The molecule has 7 nitrogen and oxygen atoms in total. The number of hydrogen-bond acceptors (Lipinski definition) is 5. The predicted molar refractivity (Wildman–Crippen MR) is 105 cm³/mol. The lowest BCUT2D eigenvalue weighted by Gasteiger charge is -2.12. The Kier molecular flexibility index (Phi) is 7.40. The lowest BCUT2D eigenvalue weighted by molar-refractivity contribution is 0.0954. The van der Waals surface area contributed by atoms with E-state index in [0.29, 0.717) is 36.9 Å². The summed E-state index contributed by atoms with van der Waals surface area (Å²) in [5.74, 6) is 1.21. The highest BCUT2D eigenvalue weighted by molar-refractivity contribution is 7.11. The summed E-state index contributed by atoms with van der Waals surface area (Å²) in [5, 5.41) is 10.4. The van der Waals surface area contributed by atoms with Crippen molar-refractivity contribution in [2.75, 3.05) is 27.2 Å². The molecule has 0 atom stereocenters.